The van der Waals surface area contributed by atoms with E-state index in [1.165, 1.54) is 19.5 Å². The summed E-state index contributed by atoms with van der Waals surface area (Å²) >= 11 is 0. The van der Waals surface area contributed by atoms with Crippen LogP contribution >= 0.6 is 0 Å². The van der Waals surface area contributed by atoms with E-state index in [0.717, 1.165) is 0 Å². The van der Waals surface area contributed by atoms with Crippen LogP contribution in [0.1, 0.15) is 21.6 Å². The Bertz CT molecular complexity index is 614. The number of methoxy groups -OCH3 is 1. The quantitative estimate of drug-likeness (QED) is 0.792. The zero-order valence-corrected chi connectivity index (χ0v) is 10.7. The Morgan fingerprint density at radius 1 is 1.37 bits per heavy atom. The summed E-state index contributed by atoms with van der Waals surface area (Å²) < 4.78 is 18.8. The Balaban J connectivity index is 2.23. The molecule has 4 nitrogen and oxygen atoms in total. The molecular formula is C14H13FN2O2. The second-order valence-corrected chi connectivity index (χ2v) is 4.09. The molecule has 1 heterocycles. The zero-order valence-electron chi connectivity index (χ0n) is 10.7. The number of carbonyl (C=O) groups excluding carboxylic acids is 1. The van der Waals surface area contributed by atoms with Crippen molar-refractivity contribution < 1.29 is 13.9 Å². The monoisotopic (exact) mass is 260 g/mol. The first-order chi connectivity index (χ1) is 9.11. The predicted octanol–water partition coefficient (Wildman–Crippen LogP) is 2.36. The molecule has 0 spiro atoms. The zero-order chi connectivity index (χ0) is 13.8. The second kappa shape index (κ2) is 5.56. The van der Waals surface area contributed by atoms with Crippen LogP contribution in [-0.2, 0) is 6.42 Å². The molecule has 0 saturated carbocycles. The Morgan fingerprint density at radius 2 is 2.16 bits per heavy atom. The topological polar surface area (TPSA) is 52.1 Å². The normalized spacial score (nSPS) is 10.3. The van der Waals surface area contributed by atoms with Gasteiger partial charge in [-0.25, -0.2) is 14.4 Å². The highest BCUT2D eigenvalue weighted by atomic mass is 19.1. The number of nitrogens with zero attached hydrogens (tertiary/aromatic N) is 2. The van der Waals surface area contributed by atoms with Gasteiger partial charge in [-0.05, 0) is 18.6 Å². The van der Waals surface area contributed by atoms with Crippen LogP contribution in [0.2, 0.25) is 0 Å². The number of carbonyl (C=O) groups is 1. The van der Waals surface area contributed by atoms with Gasteiger partial charge in [0.1, 0.15) is 12.1 Å². The summed E-state index contributed by atoms with van der Waals surface area (Å²) in [6.45, 7) is 1.62. The molecule has 0 saturated heterocycles. The van der Waals surface area contributed by atoms with Crippen LogP contribution in [0.25, 0.3) is 0 Å². The van der Waals surface area contributed by atoms with Crippen molar-refractivity contribution in [2.24, 2.45) is 0 Å². The van der Waals surface area contributed by atoms with E-state index in [1.54, 1.807) is 25.1 Å². The fourth-order valence-corrected chi connectivity index (χ4v) is 1.71. The molecule has 0 aliphatic rings. The molecular weight excluding hydrogens is 247 g/mol. The van der Waals surface area contributed by atoms with Gasteiger partial charge in [0.25, 0.3) is 0 Å². The van der Waals surface area contributed by atoms with Crippen molar-refractivity contribution in [3.63, 3.8) is 0 Å². The molecule has 0 unspecified atom stereocenters. The van der Waals surface area contributed by atoms with Crippen LogP contribution in [0.15, 0.2) is 30.6 Å². The maximum atomic E-state index is 13.8. The molecule has 2 rings (SSSR count). The molecule has 1 aromatic carbocycles. The average molecular weight is 260 g/mol. The van der Waals surface area contributed by atoms with Gasteiger partial charge < -0.3 is 4.74 Å². The maximum absolute atomic E-state index is 13.8. The van der Waals surface area contributed by atoms with E-state index in [9.17, 15) is 9.18 Å². The van der Waals surface area contributed by atoms with Gasteiger partial charge in [0.05, 0.1) is 24.8 Å². The van der Waals surface area contributed by atoms with Crippen molar-refractivity contribution in [1.29, 1.82) is 0 Å². The highest BCUT2D eigenvalue weighted by Crippen LogP contribution is 2.15. The summed E-state index contributed by atoms with van der Waals surface area (Å²) in [5.41, 5.74) is 1.03. The summed E-state index contributed by atoms with van der Waals surface area (Å²) in [4.78, 5) is 19.9. The van der Waals surface area contributed by atoms with Crippen molar-refractivity contribution >= 4 is 5.78 Å². The van der Waals surface area contributed by atoms with Crippen LogP contribution in [0.5, 0.6) is 5.88 Å². The number of aromatic nitrogens is 2. The minimum Gasteiger partial charge on any atom is -0.481 e. The second-order valence-electron chi connectivity index (χ2n) is 4.09. The Kier molecular flexibility index (Phi) is 3.85. The molecule has 0 radical (unpaired) electrons. The van der Waals surface area contributed by atoms with Gasteiger partial charge in [-0.2, -0.15) is 0 Å². The highest BCUT2D eigenvalue weighted by molar-refractivity contribution is 5.97. The molecule has 0 fully saturated rings. The van der Waals surface area contributed by atoms with Crippen molar-refractivity contribution in [1.82, 2.24) is 9.97 Å². The van der Waals surface area contributed by atoms with Crippen LogP contribution in [-0.4, -0.2) is 22.9 Å². The predicted molar refractivity (Wildman–Crippen MR) is 67.8 cm³/mol. The number of ketones is 1. The largest absolute Gasteiger partial charge is 0.481 e. The molecule has 1 aromatic heterocycles. The third-order valence-electron chi connectivity index (χ3n) is 2.74. The first-order valence-electron chi connectivity index (χ1n) is 5.75. The third-order valence-corrected chi connectivity index (χ3v) is 2.74. The van der Waals surface area contributed by atoms with E-state index >= 15 is 0 Å². The van der Waals surface area contributed by atoms with Crippen molar-refractivity contribution in [2.75, 3.05) is 7.11 Å². The van der Waals surface area contributed by atoms with Crippen LogP contribution in [0, 0.1) is 12.7 Å². The van der Waals surface area contributed by atoms with Crippen LogP contribution in [0.4, 0.5) is 4.39 Å². The lowest BCUT2D eigenvalue weighted by atomic mass is 10.0. The number of halogens is 1. The molecule has 0 bridgehead atoms. The average Bonchev–Trinajstić information content (AvgIpc) is 2.42. The molecule has 0 aliphatic heterocycles. The van der Waals surface area contributed by atoms with Gasteiger partial charge in [0.15, 0.2) is 5.78 Å². The van der Waals surface area contributed by atoms with Gasteiger partial charge in [0, 0.05) is 6.07 Å². The smallest absolute Gasteiger partial charge is 0.216 e. The summed E-state index contributed by atoms with van der Waals surface area (Å²) in [5.74, 6) is -0.419. The van der Waals surface area contributed by atoms with Crippen molar-refractivity contribution in [2.45, 2.75) is 13.3 Å². The number of rotatable bonds is 4. The van der Waals surface area contributed by atoms with Gasteiger partial charge in [-0.15, -0.1) is 0 Å². The first-order valence-corrected chi connectivity index (χ1v) is 5.75. The van der Waals surface area contributed by atoms with Gasteiger partial charge >= 0.3 is 0 Å². The van der Waals surface area contributed by atoms with Gasteiger partial charge in [0.2, 0.25) is 5.88 Å². The van der Waals surface area contributed by atoms with E-state index in [2.05, 4.69) is 9.97 Å². The van der Waals surface area contributed by atoms with E-state index < -0.39 is 5.82 Å². The number of benzene rings is 1. The molecule has 0 N–H and O–H groups in total. The number of aryl methyl sites for hydroxylation is 1. The van der Waals surface area contributed by atoms with Gasteiger partial charge in [-0.1, -0.05) is 12.1 Å². The molecule has 2 aromatic rings. The fraction of sp³-hybridized carbons (Fsp3) is 0.214. The molecule has 0 amide bonds. The van der Waals surface area contributed by atoms with Crippen molar-refractivity contribution in [3.05, 3.63) is 53.2 Å². The van der Waals surface area contributed by atoms with Gasteiger partial charge in [-0.3, -0.25) is 4.79 Å². The lowest BCUT2D eigenvalue weighted by Gasteiger charge is -2.05. The molecule has 98 valence electrons. The molecule has 5 heteroatoms. The fourth-order valence-electron chi connectivity index (χ4n) is 1.71. The van der Waals surface area contributed by atoms with E-state index in [4.69, 9.17) is 4.74 Å². The highest BCUT2D eigenvalue weighted by Gasteiger charge is 2.14. The van der Waals surface area contributed by atoms with E-state index in [0.29, 0.717) is 17.1 Å². The molecule has 0 atom stereocenters. The summed E-state index contributed by atoms with van der Waals surface area (Å²) in [7, 11) is 1.48. The lowest BCUT2D eigenvalue weighted by Crippen LogP contribution is -2.08. The Labute approximate surface area is 110 Å². The number of ether oxygens (including phenoxy) is 1. The van der Waals surface area contributed by atoms with Crippen molar-refractivity contribution in [3.8, 4) is 5.88 Å². The summed E-state index contributed by atoms with van der Waals surface area (Å²) in [6, 6.07) is 6.32. The Hall–Kier alpha value is -2.30. The third kappa shape index (κ3) is 2.93. The summed E-state index contributed by atoms with van der Waals surface area (Å²) in [6.07, 6.45) is 1.33. The van der Waals surface area contributed by atoms with Crippen LogP contribution in [0.3, 0.4) is 0 Å². The lowest BCUT2D eigenvalue weighted by molar-refractivity contribution is 0.0988. The van der Waals surface area contributed by atoms with E-state index in [-0.39, 0.29) is 17.8 Å². The SMILES string of the molecule is COc1cc(CC(=O)c2cccc(C)c2F)ncn1. The number of Topliss-reactive ketones (excluding diaryl/α,β-unsaturated/α-hetero) is 1. The minimum absolute atomic E-state index is 0.0131. The number of hydrogen-bond donors (Lipinski definition) is 0. The maximum Gasteiger partial charge on any atom is 0.216 e. The molecule has 19 heavy (non-hydrogen) atoms. The molecule has 0 aliphatic carbocycles. The first kappa shape index (κ1) is 13.1. The van der Waals surface area contributed by atoms with Crippen LogP contribution < -0.4 is 4.74 Å². The Morgan fingerprint density at radius 3 is 2.89 bits per heavy atom. The van der Waals surface area contributed by atoms with E-state index in [1.807, 2.05) is 0 Å². The standard InChI is InChI=1S/C14H13FN2O2/c1-9-4-3-5-11(14(9)15)12(18)6-10-7-13(19-2)17-8-16-10/h3-5,7-8H,6H2,1-2H3. The minimum atomic E-state index is -0.478. The number of hydrogen-bond acceptors (Lipinski definition) is 4. The summed E-state index contributed by atoms with van der Waals surface area (Å²) in [5, 5.41) is 0.